The molecule has 5 heteroatoms. The average molecular weight is 204 g/mol. The molecule has 2 aromatic rings. The second-order valence-electron chi connectivity index (χ2n) is 3.04. The number of nitrogens with zero attached hydrogens (tertiary/aromatic N) is 1. The van der Waals surface area contributed by atoms with Crippen molar-refractivity contribution in [2.24, 2.45) is 0 Å². The molecule has 0 aliphatic heterocycles. The zero-order valence-corrected chi connectivity index (χ0v) is 7.73. The second-order valence-corrected chi connectivity index (χ2v) is 3.04. The van der Waals surface area contributed by atoms with E-state index in [-0.39, 0.29) is 11.3 Å². The quantitative estimate of drug-likeness (QED) is 0.679. The van der Waals surface area contributed by atoms with Crippen LogP contribution < -0.4 is 5.56 Å². The van der Waals surface area contributed by atoms with Crippen LogP contribution in [0.1, 0.15) is 10.4 Å². The van der Waals surface area contributed by atoms with Gasteiger partial charge in [0.05, 0.1) is 17.2 Å². The number of aromatic amines is 1. The number of benzene rings is 1. The Morgan fingerprint density at radius 3 is 3.00 bits per heavy atom. The fourth-order valence-electron chi connectivity index (χ4n) is 1.33. The summed E-state index contributed by atoms with van der Waals surface area (Å²) in [5.41, 5.74) is 0.546. The summed E-state index contributed by atoms with van der Waals surface area (Å²) in [6, 6.07) is 4.50. The van der Waals surface area contributed by atoms with E-state index in [4.69, 9.17) is 5.11 Å². The fourth-order valence-corrected chi connectivity index (χ4v) is 1.33. The Morgan fingerprint density at radius 1 is 1.47 bits per heavy atom. The van der Waals surface area contributed by atoms with E-state index < -0.39 is 6.61 Å². The van der Waals surface area contributed by atoms with Crippen molar-refractivity contribution in [1.82, 2.24) is 9.97 Å². The lowest BCUT2D eigenvalue weighted by Gasteiger charge is -1.99. The lowest BCUT2D eigenvalue weighted by atomic mass is 10.1. The van der Waals surface area contributed by atoms with E-state index in [0.717, 1.165) is 0 Å². The highest BCUT2D eigenvalue weighted by Gasteiger charge is 2.06. The van der Waals surface area contributed by atoms with Crippen LogP contribution in [0.3, 0.4) is 0 Å². The van der Waals surface area contributed by atoms with Crippen LogP contribution in [0.2, 0.25) is 0 Å². The molecule has 0 saturated heterocycles. The van der Waals surface area contributed by atoms with Gasteiger partial charge in [0.1, 0.15) is 6.61 Å². The van der Waals surface area contributed by atoms with Gasteiger partial charge in [0.15, 0.2) is 5.78 Å². The number of carbonyl (C=O) groups is 1. The molecule has 0 aliphatic rings. The third kappa shape index (κ3) is 1.64. The summed E-state index contributed by atoms with van der Waals surface area (Å²) in [6.45, 7) is -0.547. The number of aliphatic hydroxyl groups is 1. The Morgan fingerprint density at radius 2 is 2.27 bits per heavy atom. The first-order valence-corrected chi connectivity index (χ1v) is 4.34. The molecule has 1 aromatic heterocycles. The SMILES string of the molecule is O=C(CO)c1ccc2c(=O)[nH]cnc2c1. The normalized spacial score (nSPS) is 10.5. The number of fused-ring (bicyclic) bond motifs is 1. The summed E-state index contributed by atoms with van der Waals surface area (Å²) in [5, 5.41) is 9.10. The van der Waals surface area contributed by atoms with Crippen LogP contribution in [0.25, 0.3) is 10.9 Å². The maximum absolute atomic E-state index is 11.3. The number of hydrogen-bond donors (Lipinski definition) is 2. The molecule has 0 spiro atoms. The molecule has 0 bridgehead atoms. The highest BCUT2D eigenvalue weighted by atomic mass is 16.3. The average Bonchev–Trinajstić information content (AvgIpc) is 2.28. The molecule has 0 fully saturated rings. The Balaban J connectivity index is 2.67. The molecule has 1 heterocycles. The standard InChI is InChI=1S/C10H8N2O3/c13-4-9(14)6-1-2-7-8(3-6)11-5-12-10(7)15/h1-3,5,13H,4H2,(H,11,12,15). The van der Waals surface area contributed by atoms with Crippen molar-refractivity contribution in [2.75, 3.05) is 6.61 Å². The number of H-pyrrole nitrogens is 1. The van der Waals surface area contributed by atoms with Gasteiger partial charge in [-0.3, -0.25) is 9.59 Å². The molecule has 1 aromatic carbocycles. The second kappa shape index (κ2) is 3.62. The topological polar surface area (TPSA) is 83.0 Å². The molecule has 76 valence electrons. The molecular weight excluding hydrogens is 196 g/mol. The van der Waals surface area contributed by atoms with E-state index in [1.54, 1.807) is 0 Å². The van der Waals surface area contributed by atoms with E-state index >= 15 is 0 Å². The Labute approximate surface area is 84.4 Å². The zero-order chi connectivity index (χ0) is 10.8. The van der Waals surface area contributed by atoms with Gasteiger partial charge < -0.3 is 10.1 Å². The van der Waals surface area contributed by atoms with Gasteiger partial charge >= 0.3 is 0 Å². The van der Waals surface area contributed by atoms with E-state index in [1.807, 2.05) is 0 Å². The number of ketones is 1. The third-order valence-electron chi connectivity index (χ3n) is 2.11. The Bertz CT molecular complexity index is 574. The van der Waals surface area contributed by atoms with Crippen LogP contribution in [-0.4, -0.2) is 27.5 Å². The lowest BCUT2D eigenvalue weighted by molar-refractivity contribution is 0.0904. The molecular formula is C10H8N2O3. The summed E-state index contributed by atoms with van der Waals surface area (Å²) in [4.78, 5) is 28.8. The molecule has 0 radical (unpaired) electrons. The van der Waals surface area contributed by atoms with Crippen molar-refractivity contribution in [3.05, 3.63) is 40.4 Å². The van der Waals surface area contributed by atoms with Crippen LogP contribution in [0, 0.1) is 0 Å². The fraction of sp³-hybridized carbons (Fsp3) is 0.100. The maximum atomic E-state index is 11.3. The zero-order valence-electron chi connectivity index (χ0n) is 7.73. The van der Waals surface area contributed by atoms with Crippen molar-refractivity contribution >= 4 is 16.7 Å². The number of nitrogens with one attached hydrogen (secondary N) is 1. The number of aromatic nitrogens is 2. The predicted octanol–water partition coefficient (Wildman–Crippen LogP) is 0.0981. The molecule has 2 N–H and O–H groups in total. The minimum absolute atomic E-state index is 0.247. The summed E-state index contributed by atoms with van der Waals surface area (Å²) >= 11 is 0. The number of carbonyl (C=O) groups excluding carboxylic acids is 1. The van der Waals surface area contributed by atoms with Crippen molar-refractivity contribution in [3.8, 4) is 0 Å². The monoisotopic (exact) mass is 204 g/mol. The number of Topliss-reactive ketones (excluding diaryl/α,β-unsaturated/α-hetero) is 1. The molecule has 0 saturated carbocycles. The van der Waals surface area contributed by atoms with Gasteiger partial charge in [-0.05, 0) is 12.1 Å². The Hall–Kier alpha value is -2.01. The van der Waals surface area contributed by atoms with Crippen LogP contribution in [0.4, 0.5) is 0 Å². The molecule has 15 heavy (non-hydrogen) atoms. The van der Waals surface area contributed by atoms with Gasteiger partial charge in [-0.1, -0.05) is 6.07 Å². The van der Waals surface area contributed by atoms with Crippen molar-refractivity contribution < 1.29 is 9.90 Å². The third-order valence-corrected chi connectivity index (χ3v) is 2.11. The summed E-state index contributed by atoms with van der Waals surface area (Å²) in [6.07, 6.45) is 1.28. The van der Waals surface area contributed by atoms with Crippen LogP contribution >= 0.6 is 0 Å². The van der Waals surface area contributed by atoms with Gasteiger partial charge in [0.2, 0.25) is 0 Å². The molecule has 2 rings (SSSR count). The lowest BCUT2D eigenvalue weighted by Crippen LogP contribution is -2.08. The smallest absolute Gasteiger partial charge is 0.258 e. The van der Waals surface area contributed by atoms with Crippen LogP contribution in [0.5, 0.6) is 0 Å². The summed E-state index contributed by atoms with van der Waals surface area (Å²) in [5.74, 6) is -0.390. The molecule has 0 aliphatic carbocycles. The van der Waals surface area contributed by atoms with Gasteiger partial charge in [-0.15, -0.1) is 0 Å². The summed E-state index contributed by atoms with van der Waals surface area (Å²) < 4.78 is 0. The Kier molecular flexibility index (Phi) is 2.31. The first-order valence-electron chi connectivity index (χ1n) is 4.34. The molecule has 0 atom stereocenters. The largest absolute Gasteiger partial charge is 0.388 e. The van der Waals surface area contributed by atoms with E-state index in [9.17, 15) is 9.59 Å². The predicted molar refractivity (Wildman–Crippen MR) is 53.8 cm³/mol. The van der Waals surface area contributed by atoms with Gasteiger partial charge in [-0.2, -0.15) is 0 Å². The molecule has 0 amide bonds. The van der Waals surface area contributed by atoms with E-state index in [0.29, 0.717) is 16.5 Å². The van der Waals surface area contributed by atoms with Gasteiger partial charge in [0.25, 0.3) is 5.56 Å². The van der Waals surface area contributed by atoms with Gasteiger partial charge in [0, 0.05) is 5.56 Å². The van der Waals surface area contributed by atoms with E-state index in [1.165, 1.54) is 24.5 Å². The van der Waals surface area contributed by atoms with Crippen molar-refractivity contribution in [1.29, 1.82) is 0 Å². The molecule has 5 nitrogen and oxygen atoms in total. The minimum atomic E-state index is -0.547. The highest BCUT2D eigenvalue weighted by Crippen LogP contribution is 2.09. The van der Waals surface area contributed by atoms with Crippen molar-refractivity contribution in [2.45, 2.75) is 0 Å². The first kappa shape index (κ1) is 9.54. The first-order chi connectivity index (χ1) is 7.22. The van der Waals surface area contributed by atoms with Crippen LogP contribution in [0.15, 0.2) is 29.3 Å². The van der Waals surface area contributed by atoms with Crippen molar-refractivity contribution in [3.63, 3.8) is 0 Å². The highest BCUT2D eigenvalue weighted by molar-refractivity contribution is 5.99. The van der Waals surface area contributed by atoms with Crippen LogP contribution in [-0.2, 0) is 0 Å². The summed E-state index contributed by atoms with van der Waals surface area (Å²) in [7, 11) is 0. The minimum Gasteiger partial charge on any atom is -0.388 e. The number of aliphatic hydroxyl groups excluding tert-OH is 1. The number of hydrogen-bond acceptors (Lipinski definition) is 4. The van der Waals surface area contributed by atoms with E-state index in [2.05, 4.69) is 9.97 Å². The molecule has 0 unspecified atom stereocenters. The maximum Gasteiger partial charge on any atom is 0.258 e. The number of rotatable bonds is 2. The van der Waals surface area contributed by atoms with Gasteiger partial charge in [-0.25, -0.2) is 4.98 Å².